The van der Waals surface area contributed by atoms with Crippen molar-refractivity contribution in [2.75, 3.05) is 23.8 Å². The van der Waals surface area contributed by atoms with Crippen molar-refractivity contribution in [1.29, 1.82) is 0 Å². The molecule has 10 heteroatoms. The molecule has 1 aromatic carbocycles. The quantitative estimate of drug-likeness (QED) is 0.428. The van der Waals surface area contributed by atoms with Gasteiger partial charge in [0.2, 0.25) is 11.8 Å². The van der Waals surface area contributed by atoms with Gasteiger partial charge in [0, 0.05) is 43.7 Å². The largest absolute Gasteiger partial charge is 0.376 e. The Balaban J connectivity index is 1.41. The molecular weight excluding hydrogens is 430 g/mol. The molecule has 0 spiro atoms. The van der Waals surface area contributed by atoms with Gasteiger partial charge in [0.25, 0.3) is 0 Å². The number of nitrogens with two attached hydrogens (primary N) is 1. The fraction of sp³-hybridized carbons (Fsp3) is 0.500. The molecule has 2 aliphatic heterocycles. The van der Waals surface area contributed by atoms with E-state index in [4.69, 9.17) is 10.5 Å². The first-order valence-corrected chi connectivity index (χ1v) is 11.9. The van der Waals surface area contributed by atoms with E-state index in [1.165, 1.54) is 11.8 Å². The van der Waals surface area contributed by atoms with Gasteiger partial charge in [-0.05, 0) is 43.5 Å². The zero-order chi connectivity index (χ0) is 22.5. The third kappa shape index (κ3) is 5.36. The van der Waals surface area contributed by atoms with Gasteiger partial charge in [-0.2, -0.15) is 0 Å². The van der Waals surface area contributed by atoms with Gasteiger partial charge in [-0.25, -0.2) is 0 Å². The van der Waals surface area contributed by atoms with Crippen LogP contribution in [0.25, 0.3) is 0 Å². The predicted molar refractivity (Wildman–Crippen MR) is 120 cm³/mol. The van der Waals surface area contributed by atoms with Crippen LogP contribution in [-0.4, -0.2) is 57.4 Å². The molecule has 2 saturated heterocycles. The average Bonchev–Trinajstić information content (AvgIpc) is 3.53. The van der Waals surface area contributed by atoms with Gasteiger partial charge >= 0.3 is 0 Å². The highest BCUT2D eigenvalue weighted by Gasteiger charge is 2.23. The molecule has 2 fully saturated rings. The van der Waals surface area contributed by atoms with Crippen LogP contribution in [0.5, 0.6) is 0 Å². The molecule has 1 aromatic heterocycles. The number of aromatic nitrogens is 3. The Hall–Kier alpha value is -2.72. The normalized spacial score (nSPS) is 18.4. The summed E-state index contributed by atoms with van der Waals surface area (Å²) in [6, 6.07) is 7.17. The average molecular weight is 458 g/mol. The van der Waals surface area contributed by atoms with E-state index in [1.807, 2.05) is 16.7 Å². The van der Waals surface area contributed by atoms with Crippen molar-refractivity contribution >= 4 is 35.0 Å². The van der Waals surface area contributed by atoms with Gasteiger partial charge in [-0.1, -0.05) is 11.8 Å². The Kier molecular flexibility index (Phi) is 7.21. The number of ketones is 1. The standard InChI is InChI=1S/C22H27N5O4S/c23-19(29)9-10-20-24-25-22(27(20)13-17-3-2-12-31-17)32-14-18(28)15-5-7-16(8-6-15)26-11-1-4-21(26)30/h5-8,17H,1-4,9-14H2,(H2,23,29). The summed E-state index contributed by atoms with van der Waals surface area (Å²) in [4.78, 5) is 37.6. The van der Waals surface area contributed by atoms with Crippen LogP contribution >= 0.6 is 11.8 Å². The first kappa shape index (κ1) is 22.5. The predicted octanol–water partition coefficient (Wildman–Crippen LogP) is 1.98. The lowest BCUT2D eigenvalue weighted by molar-refractivity contribution is -0.118. The molecule has 4 rings (SSSR count). The van der Waals surface area contributed by atoms with Crippen molar-refractivity contribution in [3.8, 4) is 0 Å². The number of hydrogen-bond donors (Lipinski definition) is 1. The molecule has 2 amide bonds. The number of ether oxygens (including phenoxy) is 1. The molecule has 1 atom stereocenters. The number of Topliss-reactive ketones (excluding diaryl/α,β-unsaturated/α-hetero) is 1. The van der Waals surface area contributed by atoms with E-state index in [9.17, 15) is 14.4 Å². The summed E-state index contributed by atoms with van der Waals surface area (Å²) < 4.78 is 7.69. The Morgan fingerprint density at radius 3 is 2.66 bits per heavy atom. The topological polar surface area (TPSA) is 120 Å². The van der Waals surface area contributed by atoms with Gasteiger partial charge in [-0.15, -0.1) is 10.2 Å². The molecular formula is C22H27N5O4S. The maximum absolute atomic E-state index is 12.7. The van der Waals surface area contributed by atoms with Crippen LogP contribution in [-0.2, 0) is 27.3 Å². The first-order valence-electron chi connectivity index (χ1n) is 10.9. The second-order valence-electron chi connectivity index (χ2n) is 8.02. The second kappa shape index (κ2) is 10.3. The summed E-state index contributed by atoms with van der Waals surface area (Å²) in [6.45, 7) is 2.06. The maximum Gasteiger partial charge on any atom is 0.227 e. The lowest BCUT2D eigenvalue weighted by Gasteiger charge is -2.16. The number of hydrogen-bond acceptors (Lipinski definition) is 7. The molecule has 0 bridgehead atoms. The maximum atomic E-state index is 12.7. The van der Waals surface area contributed by atoms with Crippen LogP contribution in [0.2, 0.25) is 0 Å². The smallest absolute Gasteiger partial charge is 0.227 e. The van der Waals surface area contributed by atoms with Gasteiger partial charge in [0.1, 0.15) is 5.82 Å². The molecule has 0 saturated carbocycles. The van der Waals surface area contributed by atoms with Crippen molar-refractivity contribution in [2.45, 2.75) is 56.3 Å². The summed E-state index contributed by atoms with van der Waals surface area (Å²) in [7, 11) is 0. The van der Waals surface area contributed by atoms with Crippen molar-refractivity contribution < 1.29 is 19.1 Å². The van der Waals surface area contributed by atoms with E-state index < -0.39 is 0 Å². The SMILES string of the molecule is NC(=O)CCc1nnc(SCC(=O)c2ccc(N3CCCC3=O)cc2)n1CC1CCCO1. The minimum absolute atomic E-state index is 0.0281. The van der Waals surface area contributed by atoms with E-state index in [-0.39, 0.29) is 35.9 Å². The minimum atomic E-state index is -0.389. The van der Waals surface area contributed by atoms with Crippen molar-refractivity contribution in [3.63, 3.8) is 0 Å². The molecule has 32 heavy (non-hydrogen) atoms. The van der Waals surface area contributed by atoms with Crippen LogP contribution in [0.15, 0.2) is 29.4 Å². The number of anilines is 1. The van der Waals surface area contributed by atoms with Crippen LogP contribution in [0.4, 0.5) is 5.69 Å². The van der Waals surface area contributed by atoms with Crippen molar-refractivity contribution in [3.05, 3.63) is 35.7 Å². The summed E-state index contributed by atoms with van der Waals surface area (Å²) in [5.74, 6) is 0.590. The fourth-order valence-electron chi connectivity index (χ4n) is 3.98. The molecule has 0 radical (unpaired) electrons. The number of primary amides is 1. The Labute approximate surface area is 190 Å². The van der Waals surface area contributed by atoms with Crippen LogP contribution in [0, 0.1) is 0 Å². The molecule has 1 unspecified atom stereocenters. The van der Waals surface area contributed by atoms with E-state index in [1.54, 1.807) is 17.0 Å². The fourth-order valence-corrected chi connectivity index (χ4v) is 4.84. The first-order chi connectivity index (χ1) is 15.5. The van der Waals surface area contributed by atoms with Crippen molar-refractivity contribution in [2.24, 2.45) is 5.73 Å². The summed E-state index contributed by atoms with van der Waals surface area (Å²) in [5.41, 5.74) is 6.70. The number of benzene rings is 1. The Morgan fingerprint density at radius 1 is 1.19 bits per heavy atom. The number of carbonyl (C=O) groups excluding carboxylic acids is 3. The molecule has 3 heterocycles. The van der Waals surface area contributed by atoms with Gasteiger partial charge in [0.15, 0.2) is 10.9 Å². The second-order valence-corrected chi connectivity index (χ2v) is 8.96. The number of carbonyl (C=O) groups is 3. The summed E-state index contributed by atoms with van der Waals surface area (Å²) in [5, 5.41) is 9.10. The number of nitrogens with zero attached hydrogens (tertiary/aromatic N) is 4. The van der Waals surface area contributed by atoms with Crippen molar-refractivity contribution in [1.82, 2.24) is 14.8 Å². The van der Waals surface area contributed by atoms with E-state index in [0.717, 1.165) is 38.1 Å². The summed E-state index contributed by atoms with van der Waals surface area (Å²) >= 11 is 1.32. The zero-order valence-corrected chi connectivity index (χ0v) is 18.7. The molecule has 0 aliphatic carbocycles. The summed E-state index contributed by atoms with van der Waals surface area (Å²) in [6.07, 6.45) is 4.09. The molecule has 2 N–H and O–H groups in total. The Bertz CT molecular complexity index is 985. The molecule has 170 valence electrons. The number of amides is 2. The lowest BCUT2D eigenvalue weighted by Crippen LogP contribution is -2.23. The highest BCUT2D eigenvalue weighted by Crippen LogP contribution is 2.25. The lowest BCUT2D eigenvalue weighted by atomic mass is 10.1. The highest BCUT2D eigenvalue weighted by atomic mass is 32.2. The van der Waals surface area contributed by atoms with Crippen LogP contribution in [0.3, 0.4) is 0 Å². The monoisotopic (exact) mass is 457 g/mol. The molecule has 2 aromatic rings. The molecule has 9 nitrogen and oxygen atoms in total. The zero-order valence-electron chi connectivity index (χ0n) is 17.9. The van der Waals surface area contributed by atoms with Gasteiger partial charge in [0.05, 0.1) is 18.4 Å². The number of aryl methyl sites for hydroxylation is 1. The van der Waals surface area contributed by atoms with Gasteiger partial charge < -0.3 is 19.9 Å². The number of rotatable bonds is 10. The third-order valence-corrected chi connectivity index (χ3v) is 6.67. The van der Waals surface area contributed by atoms with E-state index >= 15 is 0 Å². The van der Waals surface area contributed by atoms with E-state index in [0.29, 0.717) is 35.9 Å². The van der Waals surface area contributed by atoms with Crippen LogP contribution < -0.4 is 10.6 Å². The van der Waals surface area contributed by atoms with Gasteiger partial charge in [-0.3, -0.25) is 14.4 Å². The minimum Gasteiger partial charge on any atom is -0.376 e. The third-order valence-electron chi connectivity index (χ3n) is 5.71. The molecule has 2 aliphatic rings. The highest BCUT2D eigenvalue weighted by molar-refractivity contribution is 7.99. The Morgan fingerprint density at radius 2 is 2.00 bits per heavy atom. The number of thioether (sulfide) groups is 1. The van der Waals surface area contributed by atoms with Crippen LogP contribution in [0.1, 0.15) is 48.3 Å². The van der Waals surface area contributed by atoms with E-state index in [2.05, 4.69) is 10.2 Å².